The minimum absolute atomic E-state index is 0.578. The van der Waals surface area contributed by atoms with E-state index in [4.69, 9.17) is 0 Å². The molecule has 0 amide bonds. The van der Waals surface area contributed by atoms with Gasteiger partial charge in [-0.25, -0.2) is 0 Å². The average molecular weight is 242 g/mol. The number of rotatable bonds is 7. The van der Waals surface area contributed by atoms with Crippen LogP contribution < -0.4 is 0 Å². The van der Waals surface area contributed by atoms with E-state index >= 15 is 0 Å². The van der Waals surface area contributed by atoms with Gasteiger partial charge in [0.05, 0.1) is 0 Å². The normalized spacial score (nSPS) is 21.9. The summed E-state index contributed by atoms with van der Waals surface area (Å²) in [5.41, 5.74) is 0. The molecule has 0 spiro atoms. The summed E-state index contributed by atoms with van der Waals surface area (Å²) in [4.78, 5) is 0. The molecule has 0 aromatic heterocycles. The largest absolute Gasteiger partial charge is 0.131 e. The molecule has 0 bridgehead atoms. The zero-order valence-corrected chi connectivity index (χ0v) is 12.6. The summed E-state index contributed by atoms with van der Waals surface area (Å²) in [6, 6.07) is 0. The van der Waals surface area contributed by atoms with Gasteiger partial charge < -0.3 is 0 Å². The number of hydrogen-bond donors (Lipinski definition) is 0. The maximum Gasteiger partial charge on any atom is -0.0125 e. The fraction of sp³-hybridized carbons (Fsp3) is 1.00. The Kier molecular flexibility index (Phi) is 6.97. The van der Waals surface area contributed by atoms with Gasteiger partial charge in [0.2, 0.25) is 0 Å². The van der Waals surface area contributed by atoms with Gasteiger partial charge in [0.25, 0.3) is 0 Å². The highest BCUT2D eigenvalue weighted by atomic mass is 31.0. The first-order valence-corrected chi connectivity index (χ1v) is 8.09. The van der Waals surface area contributed by atoms with Crippen molar-refractivity contribution >= 4 is 9.24 Å². The molecule has 1 saturated carbocycles. The molecule has 1 aliphatic rings. The molecule has 1 aliphatic carbocycles. The van der Waals surface area contributed by atoms with Gasteiger partial charge in [-0.05, 0) is 36.8 Å². The Labute approximate surface area is 105 Å². The fourth-order valence-corrected chi connectivity index (χ4v) is 3.77. The second-order valence-corrected chi connectivity index (χ2v) is 6.88. The van der Waals surface area contributed by atoms with Crippen molar-refractivity contribution < 1.29 is 0 Å². The van der Waals surface area contributed by atoms with Crippen LogP contribution in [0.2, 0.25) is 0 Å². The van der Waals surface area contributed by atoms with E-state index in [0.717, 1.165) is 5.92 Å². The Balaban J connectivity index is 2.35. The molecule has 0 heterocycles. The monoisotopic (exact) mass is 242 g/mol. The van der Waals surface area contributed by atoms with Crippen LogP contribution in [0, 0.1) is 5.92 Å². The quantitative estimate of drug-likeness (QED) is 0.405. The van der Waals surface area contributed by atoms with Crippen LogP contribution in [0.5, 0.6) is 0 Å². The van der Waals surface area contributed by atoms with Crippen molar-refractivity contribution in [2.24, 2.45) is 5.92 Å². The van der Waals surface area contributed by atoms with E-state index < -0.39 is 0 Å². The average Bonchev–Trinajstić information content (AvgIpc) is 2.35. The van der Waals surface area contributed by atoms with Gasteiger partial charge in [-0.15, -0.1) is 9.24 Å². The van der Waals surface area contributed by atoms with Gasteiger partial charge >= 0.3 is 0 Å². The van der Waals surface area contributed by atoms with Crippen LogP contribution in [0.25, 0.3) is 0 Å². The molecule has 16 heavy (non-hydrogen) atoms. The van der Waals surface area contributed by atoms with Crippen molar-refractivity contribution in [2.75, 3.05) is 0 Å². The first kappa shape index (κ1) is 14.5. The highest BCUT2D eigenvalue weighted by Gasteiger charge is 2.32. The van der Waals surface area contributed by atoms with Gasteiger partial charge in [0.1, 0.15) is 0 Å². The van der Waals surface area contributed by atoms with Crippen LogP contribution >= 0.6 is 9.24 Å². The molecule has 96 valence electrons. The lowest BCUT2D eigenvalue weighted by Crippen LogP contribution is -2.32. The van der Waals surface area contributed by atoms with Crippen LogP contribution in [0.4, 0.5) is 0 Å². The van der Waals surface area contributed by atoms with Gasteiger partial charge in [-0.3, -0.25) is 0 Å². The highest BCUT2D eigenvalue weighted by molar-refractivity contribution is 7.19. The molecule has 0 radical (unpaired) electrons. The molecule has 0 aliphatic heterocycles. The van der Waals surface area contributed by atoms with Crippen LogP contribution in [-0.4, -0.2) is 5.16 Å². The zero-order chi connectivity index (χ0) is 11.9. The van der Waals surface area contributed by atoms with E-state index in [-0.39, 0.29) is 0 Å². The lowest BCUT2D eigenvalue weighted by molar-refractivity contribution is 0.255. The number of unbranched alkanes of at least 4 members (excludes halogenated alkanes) is 3. The Bertz CT molecular complexity index is 172. The summed E-state index contributed by atoms with van der Waals surface area (Å²) in [6.07, 6.45) is 15.9. The lowest BCUT2D eigenvalue weighted by Gasteiger charge is -2.39. The van der Waals surface area contributed by atoms with E-state index in [1.165, 1.54) is 70.6 Å². The summed E-state index contributed by atoms with van der Waals surface area (Å²) in [6.45, 7) is 4.69. The maximum absolute atomic E-state index is 3.25. The van der Waals surface area contributed by atoms with E-state index in [0.29, 0.717) is 5.16 Å². The molecule has 1 heteroatoms. The molecule has 2 atom stereocenters. The third kappa shape index (κ3) is 4.36. The van der Waals surface area contributed by atoms with Crippen molar-refractivity contribution in [2.45, 2.75) is 89.6 Å². The van der Waals surface area contributed by atoms with E-state index in [1.807, 2.05) is 0 Å². The summed E-state index contributed by atoms with van der Waals surface area (Å²) in [5, 5.41) is 0.578. The number of hydrogen-bond acceptors (Lipinski definition) is 0. The maximum atomic E-state index is 3.25. The van der Waals surface area contributed by atoms with Crippen molar-refractivity contribution in [3.63, 3.8) is 0 Å². The molecule has 1 fully saturated rings. The first-order valence-electron chi connectivity index (χ1n) is 7.52. The topological polar surface area (TPSA) is 0 Å². The molecule has 0 aromatic carbocycles. The predicted octanol–water partition coefficient (Wildman–Crippen LogP) is 5.56. The minimum Gasteiger partial charge on any atom is -0.131 e. The molecule has 2 unspecified atom stereocenters. The molecular weight excluding hydrogens is 211 g/mol. The molecule has 0 saturated heterocycles. The SMILES string of the molecule is CCCCCCC(P)(CC)C1CCCCC1. The van der Waals surface area contributed by atoms with Crippen molar-refractivity contribution in [1.29, 1.82) is 0 Å². The van der Waals surface area contributed by atoms with Crippen LogP contribution in [0.1, 0.15) is 84.5 Å². The standard InChI is InChI=1S/C15H31P/c1-3-5-6-10-13-15(16,4-2)14-11-8-7-9-12-14/h14H,3-13,16H2,1-2H3. The van der Waals surface area contributed by atoms with Crippen LogP contribution in [0.3, 0.4) is 0 Å². The molecule has 0 N–H and O–H groups in total. The second-order valence-electron chi connectivity index (χ2n) is 5.73. The third-order valence-electron chi connectivity index (χ3n) is 4.57. The van der Waals surface area contributed by atoms with Crippen molar-refractivity contribution in [1.82, 2.24) is 0 Å². The predicted molar refractivity (Wildman–Crippen MR) is 78.1 cm³/mol. The van der Waals surface area contributed by atoms with Gasteiger partial charge in [0, 0.05) is 0 Å². The Hall–Kier alpha value is 0.430. The molecule has 0 nitrogen and oxygen atoms in total. The molecule has 0 aromatic rings. The minimum atomic E-state index is 0.578. The van der Waals surface area contributed by atoms with Crippen molar-refractivity contribution in [3.05, 3.63) is 0 Å². The fourth-order valence-electron chi connectivity index (χ4n) is 3.23. The van der Waals surface area contributed by atoms with Gasteiger partial charge in [-0.1, -0.05) is 58.8 Å². The van der Waals surface area contributed by atoms with E-state index in [9.17, 15) is 0 Å². The second kappa shape index (κ2) is 7.70. The van der Waals surface area contributed by atoms with Crippen LogP contribution in [-0.2, 0) is 0 Å². The lowest BCUT2D eigenvalue weighted by atomic mass is 9.76. The highest BCUT2D eigenvalue weighted by Crippen LogP contribution is 2.44. The summed E-state index contributed by atoms with van der Waals surface area (Å²) in [7, 11) is 3.25. The van der Waals surface area contributed by atoms with Gasteiger partial charge in [0.15, 0.2) is 0 Å². The Morgan fingerprint density at radius 3 is 2.25 bits per heavy atom. The Morgan fingerprint density at radius 1 is 1.00 bits per heavy atom. The third-order valence-corrected chi connectivity index (χ3v) is 5.74. The summed E-state index contributed by atoms with van der Waals surface area (Å²) in [5.74, 6) is 0.998. The van der Waals surface area contributed by atoms with E-state index in [2.05, 4.69) is 23.1 Å². The Morgan fingerprint density at radius 2 is 1.69 bits per heavy atom. The summed E-state index contributed by atoms with van der Waals surface area (Å²) < 4.78 is 0. The molecular formula is C15H31P. The van der Waals surface area contributed by atoms with Crippen molar-refractivity contribution in [3.8, 4) is 0 Å². The first-order chi connectivity index (χ1) is 7.73. The smallest absolute Gasteiger partial charge is 0.0125 e. The molecule has 1 rings (SSSR count). The van der Waals surface area contributed by atoms with E-state index in [1.54, 1.807) is 0 Å². The van der Waals surface area contributed by atoms with Gasteiger partial charge in [-0.2, -0.15) is 0 Å². The van der Waals surface area contributed by atoms with Crippen LogP contribution in [0.15, 0.2) is 0 Å². The zero-order valence-electron chi connectivity index (χ0n) is 11.4. The summed E-state index contributed by atoms with van der Waals surface area (Å²) >= 11 is 0.